The first-order chi connectivity index (χ1) is 20.0. The molecule has 3 heterocycles. The van der Waals surface area contributed by atoms with Crippen LogP contribution in [-0.4, -0.2) is 45.8 Å². The Bertz CT molecular complexity index is 1510. The first-order valence-electron chi connectivity index (χ1n) is 14.8. The van der Waals surface area contributed by atoms with Crippen LogP contribution in [0.1, 0.15) is 82.6 Å². The molecule has 4 aromatic rings. The normalized spacial score (nSPS) is 19.5. The summed E-state index contributed by atoms with van der Waals surface area (Å²) in [6.07, 6.45) is 11.8. The number of carboxylic acid groups (broad SMARTS) is 1. The van der Waals surface area contributed by atoms with E-state index in [0.717, 1.165) is 79.4 Å². The third kappa shape index (κ3) is 6.31. The molecule has 10 nitrogen and oxygen atoms in total. The highest BCUT2D eigenvalue weighted by atomic mass is 16.4. The van der Waals surface area contributed by atoms with Crippen LogP contribution in [0.4, 0.5) is 0 Å². The molecule has 1 aromatic carbocycles. The molecule has 0 aliphatic heterocycles. The Morgan fingerprint density at radius 2 is 1.88 bits per heavy atom. The predicted octanol–water partition coefficient (Wildman–Crippen LogP) is 5.52. The number of aromatic amines is 1. The van der Waals surface area contributed by atoms with E-state index in [2.05, 4.69) is 39.5 Å². The number of hydrogen-bond acceptors (Lipinski definition) is 6. The molecule has 3 aromatic heterocycles. The maximum atomic E-state index is 14.1. The van der Waals surface area contributed by atoms with E-state index in [1.54, 1.807) is 10.8 Å². The van der Waals surface area contributed by atoms with Gasteiger partial charge in [-0.1, -0.05) is 64.2 Å². The van der Waals surface area contributed by atoms with Gasteiger partial charge < -0.3 is 5.11 Å². The molecule has 41 heavy (non-hydrogen) atoms. The van der Waals surface area contributed by atoms with Gasteiger partial charge in [-0.15, -0.1) is 10.2 Å². The van der Waals surface area contributed by atoms with Crippen molar-refractivity contribution < 1.29 is 9.90 Å². The second-order valence-electron chi connectivity index (χ2n) is 11.1. The smallest absolute Gasteiger partial charge is 0.328 e. The summed E-state index contributed by atoms with van der Waals surface area (Å²) in [6, 6.07) is 11.5. The molecule has 1 fully saturated rings. The van der Waals surface area contributed by atoms with Gasteiger partial charge in [-0.05, 0) is 66.1 Å². The van der Waals surface area contributed by atoms with Gasteiger partial charge in [0.2, 0.25) is 5.82 Å². The van der Waals surface area contributed by atoms with Crippen LogP contribution in [0.15, 0.2) is 53.6 Å². The Balaban J connectivity index is 1.51. The topological polar surface area (TPSA) is 132 Å². The van der Waals surface area contributed by atoms with Gasteiger partial charge in [0.1, 0.15) is 0 Å². The molecular formula is C31H39N7O3. The fraction of sp³-hybridized carbons (Fsp3) is 0.484. The number of carboxylic acids is 1. The number of nitrogens with zero attached hydrogens (tertiary/aromatic N) is 6. The zero-order valence-corrected chi connectivity index (χ0v) is 23.9. The standard InChI is InChI=1S/C31H39N7O3/c1-3-5-13-26-20-38(28-21(4-2)10-7-6-8-14-27(28)30(39)40)31(41)37(26)19-25-18-23(15-16-32-25)22-11-9-12-24(17-22)29-33-35-36-34-29/h9,11-12,15-18,20-21,27-28H,3-8,10,13-14,19H2,1-2H3,(H,39,40)(H,33,34,35,36). The number of aliphatic carboxylic acids is 1. The van der Waals surface area contributed by atoms with E-state index in [0.29, 0.717) is 18.8 Å². The van der Waals surface area contributed by atoms with Crippen LogP contribution in [0.2, 0.25) is 0 Å². The van der Waals surface area contributed by atoms with Gasteiger partial charge in [0.25, 0.3) is 0 Å². The summed E-state index contributed by atoms with van der Waals surface area (Å²) >= 11 is 0. The average Bonchev–Trinajstić information content (AvgIpc) is 3.61. The lowest BCUT2D eigenvalue weighted by atomic mass is 9.78. The second kappa shape index (κ2) is 13.1. The van der Waals surface area contributed by atoms with E-state index in [9.17, 15) is 14.7 Å². The number of carbonyl (C=O) groups is 1. The Labute approximate surface area is 239 Å². The number of pyridine rings is 1. The average molecular weight is 558 g/mol. The van der Waals surface area contributed by atoms with E-state index in [1.807, 2.05) is 47.2 Å². The zero-order valence-electron chi connectivity index (χ0n) is 23.9. The molecule has 3 unspecified atom stereocenters. The molecule has 216 valence electrons. The molecule has 0 bridgehead atoms. The number of rotatable bonds is 10. The highest BCUT2D eigenvalue weighted by Gasteiger charge is 2.37. The Hall–Kier alpha value is -4.08. The molecule has 2 N–H and O–H groups in total. The SMILES string of the molecule is CCCCc1cn(C2C(CC)CCCCCC2C(=O)O)c(=O)n1Cc1cc(-c2cccc(-c3nn[nH]n3)c2)ccn1. The minimum absolute atomic E-state index is 0.141. The molecule has 1 aliphatic carbocycles. The lowest BCUT2D eigenvalue weighted by molar-refractivity contribution is -0.144. The van der Waals surface area contributed by atoms with Gasteiger partial charge in [-0.25, -0.2) is 4.79 Å². The number of aromatic nitrogens is 7. The van der Waals surface area contributed by atoms with Crippen LogP contribution in [0.25, 0.3) is 22.5 Å². The van der Waals surface area contributed by atoms with Crippen LogP contribution in [0.3, 0.4) is 0 Å². The van der Waals surface area contributed by atoms with Gasteiger partial charge >= 0.3 is 11.7 Å². The summed E-state index contributed by atoms with van der Waals surface area (Å²) in [5, 5.41) is 24.5. The molecule has 1 saturated carbocycles. The second-order valence-corrected chi connectivity index (χ2v) is 11.1. The molecule has 1 aliphatic rings. The molecule has 3 atom stereocenters. The van der Waals surface area contributed by atoms with Crippen LogP contribution in [0, 0.1) is 11.8 Å². The number of H-pyrrole nitrogens is 1. The predicted molar refractivity (Wildman–Crippen MR) is 156 cm³/mol. The summed E-state index contributed by atoms with van der Waals surface area (Å²) in [5.41, 5.74) is 4.37. The van der Waals surface area contributed by atoms with Crippen LogP contribution in [-0.2, 0) is 17.8 Å². The Morgan fingerprint density at radius 1 is 1.07 bits per heavy atom. The lowest BCUT2D eigenvalue weighted by Crippen LogP contribution is -2.39. The summed E-state index contributed by atoms with van der Waals surface area (Å²) in [7, 11) is 0. The van der Waals surface area contributed by atoms with Crippen molar-refractivity contribution in [2.45, 2.75) is 84.2 Å². The number of unbranched alkanes of at least 4 members (excludes halogenated alkanes) is 1. The van der Waals surface area contributed by atoms with Gasteiger partial charge in [0, 0.05) is 23.7 Å². The Morgan fingerprint density at radius 3 is 2.63 bits per heavy atom. The van der Waals surface area contributed by atoms with Gasteiger partial charge in [0.15, 0.2) is 0 Å². The molecule has 0 radical (unpaired) electrons. The number of hydrogen-bond donors (Lipinski definition) is 2. The van der Waals surface area contributed by atoms with E-state index < -0.39 is 11.9 Å². The lowest BCUT2D eigenvalue weighted by Gasteiger charge is -2.33. The van der Waals surface area contributed by atoms with E-state index >= 15 is 0 Å². The van der Waals surface area contributed by atoms with Crippen molar-refractivity contribution in [1.29, 1.82) is 0 Å². The molecule has 0 saturated heterocycles. The zero-order chi connectivity index (χ0) is 28.8. The van der Waals surface area contributed by atoms with E-state index in [-0.39, 0.29) is 17.6 Å². The number of benzene rings is 1. The third-order valence-electron chi connectivity index (χ3n) is 8.46. The van der Waals surface area contributed by atoms with Gasteiger partial charge in [-0.3, -0.25) is 18.9 Å². The quantitative estimate of drug-likeness (QED) is 0.263. The maximum absolute atomic E-state index is 14.1. The highest BCUT2D eigenvalue weighted by molar-refractivity contribution is 5.71. The number of nitrogens with one attached hydrogen (secondary N) is 1. The van der Waals surface area contributed by atoms with E-state index in [1.165, 1.54) is 0 Å². The summed E-state index contributed by atoms with van der Waals surface area (Å²) in [6.45, 7) is 4.57. The summed E-state index contributed by atoms with van der Waals surface area (Å²) in [5.74, 6) is -0.700. The van der Waals surface area contributed by atoms with Gasteiger partial charge in [0.05, 0.1) is 24.2 Å². The van der Waals surface area contributed by atoms with Crippen molar-refractivity contribution in [3.8, 4) is 22.5 Å². The highest BCUT2D eigenvalue weighted by Crippen LogP contribution is 2.38. The number of tetrazole rings is 1. The maximum Gasteiger partial charge on any atom is 0.328 e. The fourth-order valence-electron chi connectivity index (χ4n) is 6.27. The molecule has 0 amide bonds. The summed E-state index contributed by atoms with van der Waals surface area (Å²) in [4.78, 5) is 31.2. The minimum atomic E-state index is -0.803. The largest absolute Gasteiger partial charge is 0.481 e. The summed E-state index contributed by atoms with van der Waals surface area (Å²) < 4.78 is 3.57. The van der Waals surface area contributed by atoms with Crippen molar-refractivity contribution in [2.75, 3.05) is 0 Å². The van der Waals surface area contributed by atoms with Crippen molar-refractivity contribution in [3.63, 3.8) is 0 Å². The minimum Gasteiger partial charge on any atom is -0.481 e. The monoisotopic (exact) mass is 557 g/mol. The third-order valence-corrected chi connectivity index (χ3v) is 8.46. The first kappa shape index (κ1) is 28.4. The first-order valence-corrected chi connectivity index (χ1v) is 14.8. The molecule has 0 spiro atoms. The molecular weight excluding hydrogens is 518 g/mol. The molecule has 5 rings (SSSR count). The van der Waals surface area contributed by atoms with Crippen molar-refractivity contribution in [2.24, 2.45) is 11.8 Å². The van der Waals surface area contributed by atoms with Gasteiger partial charge in [-0.2, -0.15) is 5.21 Å². The fourth-order valence-corrected chi connectivity index (χ4v) is 6.27. The molecule has 10 heteroatoms. The Kier molecular flexibility index (Phi) is 9.06. The van der Waals surface area contributed by atoms with Crippen molar-refractivity contribution in [3.05, 3.63) is 70.7 Å². The van der Waals surface area contributed by atoms with Crippen molar-refractivity contribution >= 4 is 5.97 Å². The number of imidazole rings is 1. The number of aryl methyl sites for hydroxylation is 1. The van der Waals surface area contributed by atoms with Crippen LogP contribution < -0.4 is 5.69 Å². The van der Waals surface area contributed by atoms with Crippen LogP contribution in [0.5, 0.6) is 0 Å². The van der Waals surface area contributed by atoms with Crippen molar-refractivity contribution in [1.82, 2.24) is 34.7 Å². The van der Waals surface area contributed by atoms with E-state index in [4.69, 9.17) is 0 Å². The van der Waals surface area contributed by atoms with Crippen LogP contribution >= 0.6 is 0 Å².